The maximum absolute atomic E-state index is 9.75. The molecule has 0 amide bonds. The number of pyridine rings is 1. The highest BCUT2D eigenvalue weighted by molar-refractivity contribution is 5.85. The lowest BCUT2D eigenvalue weighted by Crippen LogP contribution is -2.14. The van der Waals surface area contributed by atoms with E-state index in [2.05, 4.69) is 41.9 Å². The Labute approximate surface area is 169 Å². The van der Waals surface area contributed by atoms with Gasteiger partial charge in [0.05, 0.1) is 28.6 Å². The molecule has 0 fully saturated rings. The molecule has 0 aliphatic carbocycles. The monoisotopic (exact) mass is 392 g/mol. The van der Waals surface area contributed by atoms with Gasteiger partial charge in [0, 0.05) is 18.0 Å². The summed E-state index contributed by atoms with van der Waals surface area (Å²) in [6.45, 7) is 6.15. The lowest BCUT2D eigenvalue weighted by Gasteiger charge is -2.15. The summed E-state index contributed by atoms with van der Waals surface area (Å²) in [5, 5.41) is 14.3. The van der Waals surface area contributed by atoms with E-state index < -0.39 is 0 Å². The highest BCUT2D eigenvalue weighted by atomic mass is 35.5. The fourth-order valence-electron chi connectivity index (χ4n) is 3.21. The van der Waals surface area contributed by atoms with Crippen LogP contribution in [0, 0.1) is 11.3 Å². The van der Waals surface area contributed by atoms with Crippen LogP contribution >= 0.6 is 12.4 Å². The minimum Gasteiger partial charge on any atom is -0.335 e. The highest BCUT2D eigenvalue weighted by Crippen LogP contribution is 2.32. The van der Waals surface area contributed by atoms with Gasteiger partial charge in [-0.2, -0.15) is 10.4 Å². The minimum atomic E-state index is -0.227. The standard InChI is InChI=1S/C21H20N6.ClH/c1-21(2,3)19-14(11-22)18(27(4)26-19)20-24-16-10-15(23-12-17(16)25-20)13-8-6-5-7-9-13;/h5-10,12H,1-4H3,(H,24,25);1H. The van der Waals surface area contributed by atoms with Crippen molar-refractivity contribution < 1.29 is 0 Å². The molecule has 6 nitrogen and oxygen atoms in total. The van der Waals surface area contributed by atoms with Gasteiger partial charge in [-0.3, -0.25) is 9.67 Å². The van der Waals surface area contributed by atoms with Crippen LogP contribution in [0.3, 0.4) is 0 Å². The van der Waals surface area contributed by atoms with Crippen molar-refractivity contribution in [2.24, 2.45) is 7.05 Å². The van der Waals surface area contributed by atoms with Gasteiger partial charge in [-0.25, -0.2) is 4.98 Å². The molecule has 28 heavy (non-hydrogen) atoms. The number of aryl methyl sites for hydroxylation is 1. The van der Waals surface area contributed by atoms with E-state index in [-0.39, 0.29) is 17.8 Å². The number of imidazole rings is 1. The predicted molar refractivity (Wildman–Crippen MR) is 112 cm³/mol. The van der Waals surface area contributed by atoms with Gasteiger partial charge in [0.15, 0.2) is 5.82 Å². The second-order valence-electron chi connectivity index (χ2n) is 7.60. The first kappa shape index (κ1) is 19.6. The second kappa shape index (κ2) is 7.10. The first-order chi connectivity index (χ1) is 12.9. The van der Waals surface area contributed by atoms with Crippen LogP contribution in [-0.2, 0) is 12.5 Å². The number of rotatable bonds is 2. The topological polar surface area (TPSA) is 83.2 Å². The number of hydrogen-bond acceptors (Lipinski definition) is 4. The van der Waals surface area contributed by atoms with Gasteiger partial charge in [-0.05, 0) is 6.07 Å². The van der Waals surface area contributed by atoms with Gasteiger partial charge in [0.25, 0.3) is 0 Å². The van der Waals surface area contributed by atoms with Crippen LogP contribution in [0.15, 0.2) is 42.6 Å². The largest absolute Gasteiger partial charge is 0.335 e. The van der Waals surface area contributed by atoms with Gasteiger partial charge < -0.3 is 4.98 Å². The molecule has 0 saturated heterocycles. The number of nitrogens with one attached hydrogen (secondary N) is 1. The number of H-pyrrole nitrogens is 1. The second-order valence-corrected chi connectivity index (χ2v) is 7.60. The average Bonchev–Trinajstić information content (AvgIpc) is 3.21. The molecule has 1 N–H and O–H groups in total. The van der Waals surface area contributed by atoms with Crippen molar-refractivity contribution in [2.75, 3.05) is 0 Å². The Hall–Kier alpha value is -3.17. The molecule has 4 rings (SSSR count). The number of hydrogen-bond donors (Lipinski definition) is 1. The molecule has 0 unspecified atom stereocenters. The fourth-order valence-corrected chi connectivity index (χ4v) is 3.21. The fraction of sp³-hybridized carbons (Fsp3) is 0.238. The Morgan fingerprint density at radius 3 is 2.50 bits per heavy atom. The van der Waals surface area contributed by atoms with Crippen LogP contribution < -0.4 is 0 Å². The van der Waals surface area contributed by atoms with Gasteiger partial charge in [-0.15, -0.1) is 12.4 Å². The maximum Gasteiger partial charge on any atom is 0.158 e. The van der Waals surface area contributed by atoms with Gasteiger partial charge in [0.1, 0.15) is 17.3 Å². The molecule has 0 radical (unpaired) electrons. The molecular formula is C21H21ClN6. The third-order valence-corrected chi connectivity index (χ3v) is 4.53. The number of nitrogens with zero attached hydrogens (tertiary/aromatic N) is 5. The summed E-state index contributed by atoms with van der Waals surface area (Å²) >= 11 is 0. The van der Waals surface area contributed by atoms with E-state index in [9.17, 15) is 5.26 Å². The third-order valence-electron chi connectivity index (χ3n) is 4.53. The summed E-state index contributed by atoms with van der Waals surface area (Å²) in [7, 11) is 1.84. The van der Waals surface area contributed by atoms with Crippen LogP contribution in [0.2, 0.25) is 0 Å². The van der Waals surface area contributed by atoms with Crippen molar-refractivity contribution in [2.45, 2.75) is 26.2 Å². The van der Waals surface area contributed by atoms with Crippen molar-refractivity contribution >= 4 is 23.4 Å². The number of nitriles is 1. The molecule has 4 aromatic rings. The molecule has 0 aliphatic rings. The summed E-state index contributed by atoms with van der Waals surface area (Å²) in [5.41, 5.74) is 5.33. The summed E-state index contributed by atoms with van der Waals surface area (Å²) < 4.78 is 1.72. The predicted octanol–water partition coefficient (Wildman–Crippen LogP) is 4.62. The van der Waals surface area contributed by atoms with E-state index >= 15 is 0 Å². The van der Waals surface area contributed by atoms with Crippen LogP contribution in [0.1, 0.15) is 32.0 Å². The molecule has 3 aromatic heterocycles. The number of aromatic nitrogens is 5. The van der Waals surface area contributed by atoms with Gasteiger partial charge in [0.2, 0.25) is 0 Å². The Kier molecular flexibility index (Phi) is 4.97. The van der Waals surface area contributed by atoms with E-state index in [0.717, 1.165) is 28.0 Å². The van der Waals surface area contributed by atoms with Crippen molar-refractivity contribution in [3.05, 3.63) is 53.9 Å². The average molecular weight is 393 g/mol. The smallest absolute Gasteiger partial charge is 0.158 e. The number of aromatic amines is 1. The normalized spacial score (nSPS) is 11.2. The Balaban J connectivity index is 0.00000225. The number of halogens is 1. The molecule has 0 saturated carbocycles. The zero-order chi connectivity index (χ0) is 19.2. The third kappa shape index (κ3) is 3.25. The van der Waals surface area contributed by atoms with E-state index in [1.807, 2.05) is 43.4 Å². The molecule has 1 aromatic carbocycles. The van der Waals surface area contributed by atoms with Crippen molar-refractivity contribution in [1.82, 2.24) is 24.7 Å². The molecule has 142 valence electrons. The lowest BCUT2D eigenvalue weighted by atomic mass is 9.89. The molecule has 0 aliphatic heterocycles. The van der Waals surface area contributed by atoms with Crippen LogP contribution in [0.25, 0.3) is 33.8 Å². The van der Waals surface area contributed by atoms with Gasteiger partial charge in [-0.1, -0.05) is 51.1 Å². The summed E-state index contributed by atoms with van der Waals surface area (Å²) in [5.74, 6) is 0.624. The Morgan fingerprint density at radius 1 is 1.14 bits per heavy atom. The summed E-state index contributed by atoms with van der Waals surface area (Å²) in [4.78, 5) is 12.5. The van der Waals surface area contributed by atoms with E-state index in [0.29, 0.717) is 17.1 Å². The summed E-state index contributed by atoms with van der Waals surface area (Å²) in [6, 6.07) is 14.3. The summed E-state index contributed by atoms with van der Waals surface area (Å²) in [6.07, 6.45) is 1.78. The molecular weight excluding hydrogens is 372 g/mol. The Morgan fingerprint density at radius 2 is 1.86 bits per heavy atom. The maximum atomic E-state index is 9.75. The van der Waals surface area contributed by atoms with E-state index in [4.69, 9.17) is 4.98 Å². The molecule has 7 heteroatoms. The van der Waals surface area contributed by atoms with E-state index in [1.54, 1.807) is 10.9 Å². The minimum absolute atomic E-state index is 0. The van der Waals surface area contributed by atoms with Crippen molar-refractivity contribution in [3.63, 3.8) is 0 Å². The van der Waals surface area contributed by atoms with Crippen LogP contribution in [-0.4, -0.2) is 24.7 Å². The Bertz CT molecular complexity index is 1180. The van der Waals surface area contributed by atoms with E-state index in [1.165, 1.54) is 0 Å². The van der Waals surface area contributed by atoms with Crippen molar-refractivity contribution in [1.29, 1.82) is 5.26 Å². The van der Waals surface area contributed by atoms with Crippen LogP contribution in [0.5, 0.6) is 0 Å². The SMILES string of the molecule is Cl.Cn1nc(C(C)(C)C)c(C#N)c1-c1nc2cc(-c3ccccc3)ncc2[nH]1. The van der Waals surface area contributed by atoms with Crippen molar-refractivity contribution in [3.8, 4) is 28.8 Å². The molecule has 0 spiro atoms. The molecule has 0 bridgehead atoms. The van der Waals surface area contributed by atoms with Gasteiger partial charge >= 0.3 is 0 Å². The first-order valence-electron chi connectivity index (χ1n) is 8.77. The zero-order valence-electron chi connectivity index (χ0n) is 16.2. The zero-order valence-corrected chi connectivity index (χ0v) is 17.0. The molecule has 3 heterocycles. The quantitative estimate of drug-likeness (QED) is 0.539. The van der Waals surface area contributed by atoms with Crippen LogP contribution in [0.4, 0.5) is 0 Å². The lowest BCUT2D eigenvalue weighted by molar-refractivity contribution is 0.552. The first-order valence-corrected chi connectivity index (χ1v) is 8.77. The number of fused-ring (bicyclic) bond motifs is 1. The molecule has 0 atom stereocenters. The highest BCUT2D eigenvalue weighted by Gasteiger charge is 2.28. The number of benzene rings is 1.